The van der Waals surface area contributed by atoms with Gasteiger partial charge in [0.05, 0.1) is 12.5 Å². The summed E-state index contributed by atoms with van der Waals surface area (Å²) in [6, 6.07) is 4.54. The van der Waals surface area contributed by atoms with Crippen LogP contribution in [0.5, 0.6) is 0 Å². The van der Waals surface area contributed by atoms with E-state index in [1.165, 1.54) is 54.4 Å². The van der Waals surface area contributed by atoms with Gasteiger partial charge in [0, 0.05) is 6.42 Å². The molecule has 0 aromatic heterocycles. The molecule has 2 unspecified atom stereocenters. The van der Waals surface area contributed by atoms with E-state index in [2.05, 4.69) is 32.1 Å². The van der Waals surface area contributed by atoms with Gasteiger partial charge in [-0.2, -0.15) is 0 Å². The van der Waals surface area contributed by atoms with Gasteiger partial charge in [-0.1, -0.05) is 43.0 Å². The molecule has 1 saturated heterocycles. The molecule has 0 amide bonds. The van der Waals surface area contributed by atoms with E-state index in [1.54, 1.807) is 0 Å². The summed E-state index contributed by atoms with van der Waals surface area (Å²) in [5.74, 6) is 0.327. The molecule has 1 aromatic carbocycles. The fourth-order valence-electron chi connectivity index (χ4n) is 4.12. The summed E-state index contributed by atoms with van der Waals surface area (Å²) in [6.07, 6.45) is 10.3. The lowest BCUT2D eigenvalue weighted by molar-refractivity contribution is -0.156. The van der Waals surface area contributed by atoms with E-state index in [4.69, 9.17) is 4.74 Å². The number of hydrogen-bond acceptors (Lipinski definition) is 3. The summed E-state index contributed by atoms with van der Waals surface area (Å²) in [4.78, 5) is 11.5. The zero-order valence-corrected chi connectivity index (χ0v) is 14.8. The first-order valence-corrected chi connectivity index (χ1v) is 9.20. The number of aliphatic hydroxyl groups excluding tert-OH is 1. The smallest absolute Gasteiger partial charge is 0.309 e. The summed E-state index contributed by atoms with van der Waals surface area (Å²) in [7, 11) is 0. The Balaban J connectivity index is 1.86. The number of carbonyl (C=O) groups excluding carboxylic acids is 1. The van der Waals surface area contributed by atoms with Crippen LogP contribution in [0.4, 0.5) is 0 Å². The van der Waals surface area contributed by atoms with Gasteiger partial charge < -0.3 is 9.84 Å². The van der Waals surface area contributed by atoms with Gasteiger partial charge in [0.25, 0.3) is 0 Å². The standard InChI is InChI=1S/C21H28O3/c1-14-10-15(2)19(20(11-14)16-6-4-3-5-7-16)9-8-18-12-17(22)13-21(23)24-18/h8-11,16-18,22H,3-7,12-13H2,1-2H3/b9-8+. The van der Waals surface area contributed by atoms with Gasteiger partial charge in [0.15, 0.2) is 0 Å². The first kappa shape index (κ1) is 17.2. The predicted octanol–water partition coefficient (Wildman–Crippen LogP) is 4.43. The fraction of sp³-hybridized carbons (Fsp3) is 0.571. The Hall–Kier alpha value is -1.61. The first-order chi connectivity index (χ1) is 11.5. The molecule has 1 N–H and O–H groups in total. The topological polar surface area (TPSA) is 46.5 Å². The van der Waals surface area contributed by atoms with Crippen LogP contribution in [0.15, 0.2) is 18.2 Å². The minimum Gasteiger partial charge on any atom is -0.458 e. The van der Waals surface area contributed by atoms with Crippen LogP contribution in [0.2, 0.25) is 0 Å². The van der Waals surface area contributed by atoms with Gasteiger partial charge in [0.1, 0.15) is 6.10 Å². The molecule has 3 heteroatoms. The Bertz CT molecular complexity index is 626. The molecule has 0 bridgehead atoms. The number of rotatable bonds is 3. The Labute approximate surface area is 144 Å². The molecule has 24 heavy (non-hydrogen) atoms. The lowest BCUT2D eigenvalue weighted by Crippen LogP contribution is -2.31. The second-order valence-corrected chi connectivity index (χ2v) is 7.40. The van der Waals surface area contributed by atoms with Crippen LogP contribution >= 0.6 is 0 Å². The molecule has 1 saturated carbocycles. The second-order valence-electron chi connectivity index (χ2n) is 7.40. The van der Waals surface area contributed by atoms with Crippen LogP contribution in [0.25, 0.3) is 6.08 Å². The Morgan fingerprint density at radius 2 is 1.92 bits per heavy atom. The third-order valence-electron chi connectivity index (χ3n) is 5.28. The lowest BCUT2D eigenvalue weighted by Gasteiger charge is -2.26. The Kier molecular flexibility index (Phi) is 5.40. The van der Waals surface area contributed by atoms with Gasteiger partial charge in [0.2, 0.25) is 0 Å². The zero-order chi connectivity index (χ0) is 17.1. The average molecular weight is 328 g/mol. The number of carbonyl (C=O) groups is 1. The molecule has 130 valence electrons. The molecule has 2 aliphatic rings. The van der Waals surface area contributed by atoms with Crippen LogP contribution in [0.3, 0.4) is 0 Å². The summed E-state index contributed by atoms with van der Waals surface area (Å²) in [5, 5.41) is 9.76. The summed E-state index contributed by atoms with van der Waals surface area (Å²) in [5.41, 5.74) is 5.29. The van der Waals surface area contributed by atoms with Crippen LogP contribution < -0.4 is 0 Å². The van der Waals surface area contributed by atoms with Gasteiger partial charge in [-0.15, -0.1) is 0 Å². The normalized spacial score (nSPS) is 25.9. The molecule has 1 aliphatic carbocycles. The molecule has 2 fully saturated rings. The molecule has 2 atom stereocenters. The van der Waals surface area contributed by atoms with E-state index in [9.17, 15) is 9.90 Å². The predicted molar refractivity (Wildman–Crippen MR) is 95.9 cm³/mol. The maximum absolute atomic E-state index is 11.5. The van der Waals surface area contributed by atoms with Crippen molar-refractivity contribution in [1.29, 1.82) is 0 Å². The molecule has 1 aromatic rings. The number of aliphatic hydroxyl groups is 1. The van der Waals surface area contributed by atoms with Crippen molar-refractivity contribution in [2.75, 3.05) is 0 Å². The highest BCUT2D eigenvalue weighted by atomic mass is 16.5. The molecule has 1 heterocycles. The van der Waals surface area contributed by atoms with E-state index in [1.807, 2.05) is 6.08 Å². The summed E-state index contributed by atoms with van der Waals surface area (Å²) >= 11 is 0. The van der Waals surface area contributed by atoms with Crippen LogP contribution in [0.1, 0.15) is 73.1 Å². The SMILES string of the molecule is Cc1cc(C)c(/C=C/C2CC(O)CC(=O)O2)c(C2CCCCC2)c1. The molecule has 3 nitrogen and oxygen atoms in total. The monoisotopic (exact) mass is 328 g/mol. The summed E-state index contributed by atoms with van der Waals surface area (Å²) in [6.45, 7) is 4.31. The van der Waals surface area contributed by atoms with Gasteiger partial charge >= 0.3 is 5.97 Å². The van der Waals surface area contributed by atoms with Crippen molar-refractivity contribution in [2.45, 2.75) is 76.9 Å². The highest BCUT2D eigenvalue weighted by Crippen LogP contribution is 2.36. The maximum Gasteiger partial charge on any atom is 0.309 e. The molecular weight excluding hydrogens is 300 g/mol. The lowest BCUT2D eigenvalue weighted by atomic mass is 9.80. The quantitative estimate of drug-likeness (QED) is 0.835. The Morgan fingerprint density at radius 1 is 1.17 bits per heavy atom. The van der Waals surface area contributed by atoms with Crippen LogP contribution in [-0.2, 0) is 9.53 Å². The fourth-order valence-corrected chi connectivity index (χ4v) is 4.12. The Morgan fingerprint density at radius 3 is 2.62 bits per heavy atom. The van der Waals surface area contributed by atoms with Crippen LogP contribution in [0, 0.1) is 13.8 Å². The van der Waals surface area contributed by atoms with Crippen molar-refractivity contribution < 1.29 is 14.6 Å². The minimum absolute atomic E-state index is 0.112. The van der Waals surface area contributed by atoms with Crippen molar-refractivity contribution in [3.8, 4) is 0 Å². The largest absolute Gasteiger partial charge is 0.458 e. The number of hydrogen-bond donors (Lipinski definition) is 1. The average Bonchev–Trinajstić information content (AvgIpc) is 2.53. The highest BCUT2D eigenvalue weighted by Gasteiger charge is 2.25. The number of esters is 1. The van der Waals surface area contributed by atoms with Crippen molar-refractivity contribution in [3.63, 3.8) is 0 Å². The summed E-state index contributed by atoms with van der Waals surface area (Å²) < 4.78 is 5.34. The van der Waals surface area contributed by atoms with E-state index in [0.717, 1.165) is 0 Å². The third kappa shape index (κ3) is 4.07. The highest BCUT2D eigenvalue weighted by molar-refractivity contribution is 5.71. The van der Waals surface area contributed by atoms with Crippen molar-refractivity contribution >= 4 is 12.0 Å². The van der Waals surface area contributed by atoms with Crippen molar-refractivity contribution in [2.24, 2.45) is 0 Å². The number of cyclic esters (lactones) is 1. The van der Waals surface area contributed by atoms with Gasteiger partial charge in [-0.05, 0) is 55.4 Å². The number of aryl methyl sites for hydroxylation is 2. The first-order valence-electron chi connectivity index (χ1n) is 9.20. The molecule has 1 aliphatic heterocycles. The van der Waals surface area contributed by atoms with Gasteiger partial charge in [-0.25, -0.2) is 0 Å². The van der Waals surface area contributed by atoms with Crippen molar-refractivity contribution in [3.05, 3.63) is 40.5 Å². The number of benzene rings is 1. The molecule has 0 radical (unpaired) electrons. The third-order valence-corrected chi connectivity index (χ3v) is 5.28. The molecular formula is C21H28O3. The molecule has 3 rings (SSSR count). The number of ether oxygens (including phenoxy) is 1. The maximum atomic E-state index is 11.5. The van der Waals surface area contributed by atoms with Crippen LogP contribution in [-0.4, -0.2) is 23.3 Å². The minimum atomic E-state index is -0.585. The second kappa shape index (κ2) is 7.52. The molecule has 0 spiro atoms. The van der Waals surface area contributed by atoms with E-state index in [0.29, 0.717) is 12.3 Å². The van der Waals surface area contributed by atoms with Gasteiger partial charge in [-0.3, -0.25) is 4.79 Å². The van der Waals surface area contributed by atoms with E-state index in [-0.39, 0.29) is 18.5 Å². The zero-order valence-electron chi connectivity index (χ0n) is 14.8. The van der Waals surface area contributed by atoms with E-state index < -0.39 is 6.10 Å². The van der Waals surface area contributed by atoms with E-state index >= 15 is 0 Å². The van der Waals surface area contributed by atoms with Crippen molar-refractivity contribution in [1.82, 2.24) is 0 Å².